The van der Waals surface area contributed by atoms with E-state index in [2.05, 4.69) is 57.2 Å². The smallest absolute Gasteiger partial charge is 0.308 e. The maximum atomic E-state index is 12.4. The number of rotatable bonds is 6. The molecular formula is C28H36O3S. The summed E-state index contributed by atoms with van der Waals surface area (Å²) in [6.45, 7) is 8.43. The number of carbonyl (C=O) groups is 1. The predicted octanol–water partition coefficient (Wildman–Crippen LogP) is 6.77. The number of esters is 1. The van der Waals surface area contributed by atoms with Crippen molar-refractivity contribution < 1.29 is 14.3 Å². The number of hydrogen-bond donors (Lipinski definition) is 1. The molecule has 3 nitrogen and oxygen atoms in total. The van der Waals surface area contributed by atoms with Crippen LogP contribution >= 0.6 is 12.6 Å². The fraction of sp³-hybridized carbons (Fsp3) is 0.607. The molecule has 0 amide bonds. The topological polar surface area (TPSA) is 35.5 Å². The third kappa shape index (κ3) is 3.88. The lowest BCUT2D eigenvalue weighted by Gasteiger charge is -2.58. The molecule has 0 aromatic heterocycles. The molecule has 4 bridgehead atoms. The van der Waals surface area contributed by atoms with Crippen molar-refractivity contribution in [2.75, 3.05) is 0 Å². The minimum atomic E-state index is -0.371. The van der Waals surface area contributed by atoms with Gasteiger partial charge in [0.2, 0.25) is 0 Å². The van der Waals surface area contributed by atoms with E-state index >= 15 is 0 Å². The second-order valence-corrected chi connectivity index (χ2v) is 11.5. The van der Waals surface area contributed by atoms with E-state index in [1.165, 1.54) is 16.3 Å². The Balaban J connectivity index is 1.31. The molecular weight excluding hydrogens is 416 g/mol. The van der Waals surface area contributed by atoms with Crippen molar-refractivity contribution in [3.63, 3.8) is 0 Å². The molecule has 1 unspecified atom stereocenters. The van der Waals surface area contributed by atoms with Gasteiger partial charge in [-0.2, -0.15) is 0 Å². The minimum absolute atomic E-state index is 0.00206. The van der Waals surface area contributed by atoms with Crippen molar-refractivity contribution in [3.05, 3.63) is 42.0 Å². The summed E-state index contributed by atoms with van der Waals surface area (Å²) in [6, 6.07) is 12.8. The van der Waals surface area contributed by atoms with Gasteiger partial charge in [-0.1, -0.05) is 38.1 Å². The van der Waals surface area contributed by atoms with E-state index in [0.717, 1.165) is 37.0 Å². The first-order valence-corrected chi connectivity index (χ1v) is 12.8. The summed E-state index contributed by atoms with van der Waals surface area (Å²) in [5.41, 5.74) is 0.819. The first-order chi connectivity index (χ1) is 15.3. The van der Waals surface area contributed by atoms with Crippen molar-refractivity contribution in [3.8, 4) is 0 Å². The SMILES string of the molecule is CCC(C)C(=O)OC1C2CC3CC1CC(C2)C3OC(C)(C)c1cc(S)c2ccccc2c1. The van der Waals surface area contributed by atoms with Gasteiger partial charge in [0.05, 0.1) is 17.6 Å². The van der Waals surface area contributed by atoms with Gasteiger partial charge in [-0.3, -0.25) is 4.79 Å². The number of ether oxygens (including phenoxy) is 2. The molecule has 4 heteroatoms. The maximum Gasteiger partial charge on any atom is 0.308 e. The van der Waals surface area contributed by atoms with E-state index in [1.54, 1.807) is 0 Å². The van der Waals surface area contributed by atoms with E-state index in [-0.39, 0.29) is 23.6 Å². The van der Waals surface area contributed by atoms with Crippen molar-refractivity contribution in [1.82, 2.24) is 0 Å². The Labute approximate surface area is 197 Å². The highest BCUT2D eigenvalue weighted by Crippen LogP contribution is 2.57. The summed E-state index contributed by atoms with van der Waals surface area (Å²) < 4.78 is 13.0. The van der Waals surface area contributed by atoms with Gasteiger partial charge in [0.15, 0.2) is 0 Å². The van der Waals surface area contributed by atoms with E-state index in [0.29, 0.717) is 29.8 Å². The van der Waals surface area contributed by atoms with Gasteiger partial charge in [-0.05, 0) is 98.1 Å². The number of hydrogen-bond acceptors (Lipinski definition) is 4. The number of carbonyl (C=O) groups excluding carboxylic acids is 1. The van der Waals surface area contributed by atoms with Crippen LogP contribution in [0.1, 0.15) is 65.4 Å². The summed E-state index contributed by atoms with van der Waals surface area (Å²) >= 11 is 4.76. The molecule has 2 aromatic carbocycles. The Hall–Kier alpha value is -1.52. The standard InChI is InChI=1S/C28H36O3S/c1-5-16(2)27(29)30-25-18-10-20-12-19(25)13-21(11-18)26(20)31-28(3,4)22-14-17-8-6-7-9-23(17)24(32)15-22/h6-9,14-16,18-21,25-26,32H,5,10-13H2,1-4H3. The van der Waals surface area contributed by atoms with Crippen LogP contribution in [0, 0.1) is 29.6 Å². The molecule has 0 spiro atoms. The molecule has 4 saturated carbocycles. The second kappa shape index (κ2) is 8.36. The van der Waals surface area contributed by atoms with E-state index in [4.69, 9.17) is 22.1 Å². The molecule has 0 N–H and O–H groups in total. The molecule has 1 atom stereocenters. The average Bonchev–Trinajstić information content (AvgIpc) is 2.76. The summed E-state index contributed by atoms with van der Waals surface area (Å²) in [6.07, 6.45) is 5.77. The van der Waals surface area contributed by atoms with Crippen molar-refractivity contribution >= 4 is 29.4 Å². The zero-order valence-corrected chi connectivity index (χ0v) is 20.6. The highest BCUT2D eigenvalue weighted by Gasteiger charge is 2.55. The van der Waals surface area contributed by atoms with Gasteiger partial charge in [-0.25, -0.2) is 0 Å². The highest BCUT2D eigenvalue weighted by molar-refractivity contribution is 7.80. The fourth-order valence-corrected chi connectivity index (χ4v) is 6.97. The van der Waals surface area contributed by atoms with Crippen LogP contribution in [0.15, 0.2) is 41.3 Å². The van der Waals surface area contributed by atoms with Crippen LogP contribution in [0.3, 0.4) is 0 Å². The number of fused-ring (bicyclic) bond motifs is 1. The molecule has 6 rings (SSSR count). The molecule has 0 heterocycles. The van der Waals surface area contributed by atoms with Gasteiger partial charge < -0.3 is 9.47 Å². The fourth-order valence-electron chi connectivity index (χ4n) is 6.63. The molecule has 32 heavy (non-hydrogen) atoms. The maximum absolute atomic E-state index is 12.4. The molecule has 4 fully saturated rings. The number of thiol groups is 1. The van der Waals surface area contributed by atoms with Crippen LogP contribution in [-0.4, -0.2) is 18.2 Å². The van der Waals surface area contributed by atoms with Crippen molar-refractivity contribution in [1.29, 1.82) is 0 Å². The van der Waals surface area contributed by atoms with E-state index < -0.39 is 0 Å². The van der Waals surface area contributed by atoms with E-state index in [1.807, 2.05) is 6.92 Å². The van der Waals surface area contributed by atoms with Gasteiger partial charge in [0.1, 0.15) is 6.10 Å². The Morgan fingerprint density at radius 3 is 2.25 bits per heavy atom. The van der Waals surface area contributed by atoms with Gasteiger partial charge in [0, 0.05) is 4.90 Å². The lowest BCUT2D eigenvalue weighted by Crippen LogP contribution is -2.57. The lowest BCUT2D eigenvalue weighted by molar-refractivity contribution is -0.217. The van der Waals surface area contributed by atoms with Gasteiger partial charge >= 0.3 is 5.97 Å². The third-order valence-electron chi connectivity index (χ3n) is 8.51. The van der Waals surface area contributed by atoms with Crippen LogP contribution in [-0.2, 0) is 19.9 Å². The summed E-state index contributed by atoms with van der Waals surface area (Å²) in [5.74, 6) is 2.18. The summed E-state index contributed by atoms with van der Waals surface area (Å²) in [4.78, 5) is 13.4. The monoisotopic (exact) mass is 452 g/mol. The normalized spacial score (nSPS) is 32.3. The average molecular weight is 453 g/mol. The molecule has 0 radical (unpaired) electrons. The van der Waals surface area contributed by atoms with E-state index in [9.17, 15) is 4.79 Å². The minimum Gasteiger partial charge on any atom is -0.462 e. The molecule has 4 aliphatic carbocycles. The van der Waals surface area contributed by atoms with Crippen LogP contribution in [0.25, 0.3) is 10.8 Å². The third-order valence-corrected chi connectivity index (χ3v) is 8.88. The predicted molar refractivity (Wildman–Crippen MR) is 131 cm³/mol. The molecule has 0 saturated heterocycles. The molecule has 4 aliphatic rings. The van der Waals surface area contributed by atoms with Crippen LogP contribution in [0.2, 0.25) is 0 Å². The van der Waals surface area contributed by atoms with Crippen LogP contribution in [0.4, 0.5) is 0 Å². The first-order valence-electron chi connectivity index (χ1n) is 12.4. The Morgan fingerprint density at radius 2 is 1.62 bits per heavy atom. The quantitative estimate of drug-likeness (QED) is 0.388. The van der Waals surface area contributed by atoms with Gasteiger partial charge in [-0.15, -0.1) is 12.6 Å². The van der Waals surface area contributed by atoms with Crippen molar-refractivity contribution in [2.24, 2.45) is 29.6 Å². The molecule has 2 aromatic rings. The first kappa shape index (κ1) is 22.3. The molecule has 0 aliphatic heterocycles. The van der Waals surface area contributed by atoms with Gasteiger partial charge in [0.25, 0.3) is 0 Å². The Morgan fingerprint density at radius 1 is 1.03 bits per heavy atom. The number of benzene rings is 2. The summed E-state index contributed by atoms with van der Waals surface area (Å²) in [7, 11) is 0. The van der Waals surface area contributed by atoms with Crippen LogP contribution in [0.5, 0.6) is 0 Å². The van der Waals surface area contributed by atoms with Crippen LogP contribution < -0.4 is 0 Å². The zero-order chi connectivity index (χ0) is 22.6. The largest absolute Gasteiger partial charge is 0.462 e. The highest BCUT2D eigenvalue weighted by atomic mass is 32.1. The molecule has 172 valence electrons. The Bertz CT molecular complexity index is 983. The van der Waals surface area contributed by atoms with Crippen molar-refractivity contribution in [2.45, 2.75) is 82.5 Å². The second-order valence-electron chi connectivity index (χ2n) is 11.0. The zero-order valence-electron chi connectivity index (χ0n) is 19.7. The lowest BCUT2D eigenvalue weighted by atomic mass is 9.53. The summed E-state index contributed by atoms with van der Waals surface area (Å²) in [5, 5.41) is 2.39. The Kier molecular flexibility index (Phi) is 5.82.